The zero-order valence-electron chi connectivity index (χ0n) is 14.9. The third-order valence-electron chi connectivity index (χ3n) is 4.41. The monoisotopic (exact) mass is 346 g/mol. The number of nitrogens with one attached hydrogen (secondary N) is 1. The van der Waals surface area contributed by atoms with Crippen molar-refractivity contribution in [3.63, 3.8) is 0 Å². The van der Waals surface area contributed by atoms with Crippen molar-refractivity contribution in [2.24, 2.45) is 0 Å². The summed E-state index contributed by atoms with van der Waals surface area (Å²) in [4.78, 5) is 25.6. The highest BCUT2D eigenvalue weighted by Crippen LogP contribution is 2.20. The maximum atomic E-state index is 12.3. The minimum atomic E-state index is -0.442. The quantitative estimate of drug-likeness (QED) is 0.804. The van der Waals surface area contributed by atoms with E-state index in [4.69, 9.17) is 9.47 Å². The van der Waals surface area contributed by atoms with Crippen LogP contribution in [0.25, 0.3) is 0 Å². The number of carbonyl (C=O) groups is 2. The van der Waals surface area contributed by atoms with Crippen LogP contribution in [0, 0.1) is 13.8 Å². The molecule has 136 valence electrons. The first kappa shape index (κ1) is 18.8. The number of hydrogen-bond acceptors (Lipinski definition) is 4. The Labute approximate surface area is 148 Å². The highest BCUT2D eigenvalue weighted by molar-refractivity contribution is 5.78. The standard InChI is InChI=1S/C19H26N2O4/c1-4-12-24-19(23)20-16-8-10-21(11-9-16)18(22)13-25-17-7-5-6-14(2)15(17)3/h4-7,16H,1,8-13H2,2-3H3,(H,20,23). The lowest BCUT2D eigenvalue weighted by molar-refractivity contribution is -0.134. The molecule has 0 saturated carbocycles. The van der Waals surface area contributed by atoms with Gasteiger partial charge in [-0.3, -0.25) is 4.79 Å². The lowest BCUT2D eigenvalue weighted by Crippen LogP contribution is -2.47. The Hall–Kier alpha value is -2.50. The van der Waals surface area contributed by atoms with E-state index >= 15 is 0 Å². The van der Waals surface area contributed by atoms with Gasteiger partial charge in [0.15, 0.2) is 6.61 Å². The predicted octanol–water partition coefficient (Wildman–Crippen LogP) is 2.59. The van der Waals surface area contributed by atoms with Crippen molar-refractivity contribution in [2.75, 3.05) is 26.3 Å². The van der Waals surface area contributed by atoms with Gasteiger partial charge < -0.3 is 19.7 Å². The molecule has 0 radical (unpaired) electrons. The van der Waals surface area contributed by atoms with Crippen molar-refractivity contribution in [1.82, 2.24) is 10.2 Å². The molecule has 1 fully saturated rings. The first-order valence-corrected chi connectivity index (χ1v) is 8.52. The Morgan fingerprint density at radius 2 is 2.04 bits per heavy atom. The number of benzene rings is 1. The summed E-state index contributed by atoms with van der Waals surface area (Å²) in [6, 6.07) is 5.84. The van der Waals surface area contributed by atoms with Crippen LogP contribution in [0.15, 0.2) is 30.9 Å². The van der Waals surface area contributed by atoms with Crippen LogP contribution in [0.4, 0.5) is 4.79 Å². The Morgan fingerprint density at radius 3 is 2.72 bits per heavy atom. The summed E-state index contributed by atoms with van der Waals surface area (Å²) in [5, 5.41) is 2.81. The van der Waals surface area contributed by atoms with E-state index in [-0.39, 0.29) is 25.2 Å². The number of carbonyl (C=O) groups excluding carboxylic acids is 2. The molecule has 1 aliphatic rings. The van der Waals surface area contributed by atoms with Gasteiger partial charge in [-0.15, -0.1) is 0 Å². The minimum absolute atomic E-state index is 0.0290. The molecule has 0 unspecified atom stereocenters. The molecular weight excluding hydrogens is 320 g/mol. The van der Waals surface area contributed by atoms with Crippen molar-refractivity contribution in [1.29, 1.82) is 0 Å². The van der Waals surface area contributed by atoms with Crippen LogP contribution in [0.3, 0.4) is 0 Å². The maximum absolute atomic E-state index is 12.3. The van der Waals surface area contributed by atoms with Crippen LogP contribution in [-0.2, 0) is 9.53 Å². The summed E-state index contributed by atoms with van der Waals surface area (Å²) in [7, 11) is 0. The van der Waals surface area contributed by atoms with Crippen LogP contribution >= 0.6 is 0 Å². The van der Waals surface area contributed by atoms with E-state index in [0.29, 0.717) is 25.9 Å². The lowest BCUT2D eigenvalue weighted by Gasteiger charge is -2.32. The van der Waals surface area contributed by atoms with E-state index in [1.807, 2.05) is 32.0 Å². The molecule has 6 heteroatoms. The molecule has 1 N–H and O–H groups in total. The fourth-order valence-electron chi connectivity index (χ4n) is 2.73. The van der Waals surface area contributed by atoms with Gasteiger partial charge in [0.25, 0.3) is 5.91 Å². The molecule has 0 aliphatic carbocycles. The molecule has 0 spiro atoms. The van der Waals surface area contributed by atoms with Gasteiger partial charge in [-0.2, -0.15) is 0 Å². The third-order valence-corrected chi connectivity index (χ3v) is 4.41. The number of rotatable bonds is 6. The Balaban J connectivity index is 1.74. The second-order valence-corrected chi connectivity index (χ2v) is 6.17. The average Bonchev–Trinajstić information content (AvgIpc) is 2.61. The number of nitrogens with zero attached hydrogens (tertiary/aromatic N) is 1. The van der Waals surface area contributed by atoms with Crippen molar-refractivity contribution in [2.45, 2.75) is 32.7 Å². The number of aryl methyl sites for hydroxylation is 1. The number of ether oxygens (including phenoxy) is 2. The van der Waals surface area contributed by atoms with Gasteiger partial charge in [0.2, 0.25) is 0 Å². The van der Waals surface area contributed by atoms with E-state index in [2.05, 4.69) is 11.9 Å². The fourth-order valence-corrected chi connectivity index (χ4v) is 2.73. The van der Waals surface area contributed by atoms with Crippen LogP contribution in [-0.4, -0.2) is 49.2 Å². The Bertz CT molecular complexity index is 622. The molecule has 1 aromatic carbocycles. The molecule has 2 rings (SSSR count). The first-order chi connectivity index (χ1) is 12.0. The SMILES string of the molecule is C=CCOC(=O)NC1CCN(C(=O)COc2cccc(C)c2C)CC1. The zero-order valence-corrected chi connectivity index (χ0v) is 14.9. The van der Waals surface area contributed by atoms with Crippen molar-refractivity contribution in [3.05, 3.63) is 42.0 Å². The topological polar surface area (TPSA) is 67.9 Å². The Kier molecular flexibility index (Phi) is 6.86. The van der Waals surface area contributed by atoms with Crippen molar-refractivity contribution < 1.29 is 19.1 Å². The maximum Gasteiger partial charge on any atom is 0.407 e. The van der Waals surface area contributed by atoms with Crippen LogP contribution in [0.5, 0.6) is 5.75 Å². The molecule has 6 nitrogen and oxygen atoms in total. The van der Waals surface area contributed by atoms with E-state index in [9.17, 15) is 9.59 Å². The normalized spacial score (nSPS) is 14.7. The largest absolute Gasteiger partial charge is 0.483 e. The Morgan fingerprint density at radius 1 is 1.32 bits per heavy atom. The summed E-state index contributed by atoms with van der Waals surface area (Å²) < 4.78 is 10.6. The second kappa shape index (κ2) is 9.11. The zero-order chi connectivity index (χ0) is 18.2. The molecule has 1 saturated heterocycles. The molecule has 25 heavy (non-hydrogen) atoms. The molecule has 1 aliphatic heterocycles. The highest BCUT2D eigenvalue weighted by Gasteiger charge is 2.24. The number of amides is 2. The van der Waals surface area contributed by atoms with E-state index < -0.39 is 6.09 Å². The second-order valence-electron chi connectivity index (χ2n) is 6.17. The summed E-state index contributed by atoms with van der Waals surface area (Å²) in [6.07, 6.45) is 2.50. The molecule has 0 atom stereocenters. The van der Waals surface area contributed by atoms with Gasteiger partial charge in [-0.1, -0.05) is 24.8 Å². The summed E-state index contributed by atoms with van der Waals surface area (Å²) in [5.74, 6) is 0.712. The average molecular weight is 346 g/mol. The summed E-state index contributed by atoms with van der Waals surface area (Å²) in [6.45, 7) is 8.92. The summed E-state index contributed by atoms with van der Waals surface area (Å²) >= 11 is 0. The first-order valence-electron chi connectivity index (χ1n) is 8.52. The molecule has 1 aromatic rings. The predicted molar refractivity (Wildman–Crippen MR) is 95.7 cm³/mol. The van der Waals surface area contributed by atoms with Crippen molar-refractivity contribution in [3.8, 4) is 5.75 Å². The number of likely N-dealkylation sites (tertiary alicyclic amines) is 1. The summed E-state index contributed by atoms with van der Waals surface area (Å²) in [5.41, 5.74) is 2.19. The van der Waals surface area contributed by atoms with Gasteiger partial charge >= 0.3 is 6.09 Å². The molecule has 1 heterocycles. The van der Waals surface area contributed by atoms with Gasteiger partial charge in [-0.25, -0.2) is 4.79 Å². The third kappa shape index (κ3) is 5.52. The van der Waals surface area contributed by atoms with Crippen LogP contribution in [0.1, 0.15) is 24.0 Å². The van der Waals surface area contributed by atoms with E-state index in [1.165, 1.54) is 6.08 Å². The number of piperidine rings is 1. The minimum Gasteiger partial charge on any atom is -0.483 e. The molecule has 0 bridgehead atoms. The van der Waals surface area contributed by atoms with Crippen LogP contribution in [0.2, 0.25) is 0 Å². The van der Waals surface area contributed by atoms with Gasteiger partial charge in [0, 0.05) is 19.1 Å². The van der Waals surface area contributed by atoms with Gasteiger partial charge in [-0.05, 0) is 43.9 Å². The van der Waals surface area contributed by atoms with E-state index in [1.54, 1.807) is 4.90 Å². The van der Waals surface area contributed by atoms with Crippen molar-refractivity contribution >= 4 is 12.0 Å². The van der Waals surface area contributed by atoms with Crippen LogP contribution < -0.4 is 10.1 Å². The number of hydrogen-bond donors (Lipinski definition) is 1. The fraction of sp³-hybridized carbons (Fsp3) is 0.474. The molecular formula is C19H26N2O4. The lowest BCUT2D eigenvalue weighted by atomic mass is 10.1. The van der Waals surface area contributed by atoms with E-state index in [0.717, 1.165) is 16.9 Å². The smallest absolute Gasteiger partial charge is 0.407 e. The number of alkyl carbamates (subject to hydrolysis) is 1. The highest BCUT2D eigenvalue weighted by atomic mass is 16.5. The van der Waals surface area contributed by atoms with Gasteiger partial charge in [0.1, 0.15) is 12.4 Å². The molecule has 0 aromatic heterocycles. The molecule has 2 amide bonds. The van der Waals surface area contributed by atoms with Gasteiger partial charge in [0.05, 0.1) is 0 Å².